The second-order valence-electron chi connectivity index (χ2n) is 8.92. The number of amides is 2. The highest BCUT2D eigenvalue weighted by Gasteiger charge is 2.49. The van der Waals surface area contributed by atoms with Crippen molar-refractivity contribution in [1.29, 1.82) is 0 Å². The molecule has 2 amide bonds. The zero-order chi connectivity index (χ0) is 20.0. The Morgan fingerprint density at radius 1 is 0.966 bits per heavy atom. The van der Waals surface area contributed by atoms with Crippen molar-refractivity contribution >= 4 is 11.8 Å². The first-order chi connectivity index (χ1) is 14.1. The Labute approximate surface area is 172 Å². The smallest absolute Gasteiger partial charge is 0.242 e. The Morgan fingerprint density at radius 3 is 2.28 bits per heavy atom. The molecule has 3 fully saturated rings. The van der Waals surface area contributed by atoms with E-state index < -0.39 is 0 Å². The summed E-state index contributed by atoms with van der Waals surface area (Å²) in [5.41, 5.74) is 2.39. The molecule has 0 N–H and O–H groups in total. The number of benzene rings is 1. The lowest BCUT2D eigenvalue weighted by atomic mass is 10.1. The molecule has 5 heteroatoms. The average Bonchev–Trinajstić information content (AvgIpc) is 3.61. The van der Waals surface area contributed by atoms with E-state index in [1.807, 2.05) is 47.3 Å². The van der Waals surface area contributed by atoms with Crippen LogP contribution in [0.15, 0.2) is 48.7 Å². The summed E-state index contributed by atoms with van der Waals surface area (Å²) in [6.07, 6.45) is 7.14. The van der Waals surface area contributed by atoms with Gasteiger partial charge in [0.2, 0.25) is 11.8 Å². The number of hydrogen-bond acceptors (Lipinski definition) is 2. The van der Waals surface area contributed by atoms with Gasteiger partial charge in [-0.3, -0.25) is 9.59 Å². The zero-order valence-electron chi connectivity index (χ0n) is 17.0. The van der Waals surface area contributed by atoms with Crippen LogP contribution in [0.4, 0.5) is 0 Å². The second kappa shape index (κ2) is 7.36. The molecule has 5 rings (SSSR count). The van der Waals surface area contributed by atoms with Gasteiger partial charge in [0.05, 0.1) is 6.54 Å². The molecule has 3 saturated carbocycles. The van der Waals surface area contributed by atoms with Gasteiger partial charge in [-0.25, -0.2) is 0 Å². The number of nitrogens with zero attached hydrogens (tertiary/aromatic N) is 3. The summed E-state index contributed by atoms with van der Waals surface area (Å²) in [7, 11) is 2.02. The van der Waals surface area contributed by atoms with Gasteiger partial charge in [-0.05, 0) is 55.7 Å². The Hall–Kier alpha value is -2.56. The van der Waals surface area contributed by atoms with Gasteiger partial charge in [0, 0.05) is 36.9 Å². The van der Waals surface area contributed by atoms with Crippen molar-refractivity contribution in [2.75, 3.05) is 6.54 Å². The van der Waals surface area contributed by atoms with Crippen molar-refractivity contribution in [1.82, 2.24) is 14.4 Å². The molecule has 0 radical (unpaired) electrons. The number of hydrogen-bond donors (Lipinski definition) is 0. The van der Waals surface area contributed by atoms with Gasteiger partial charge in [0.15, 0.2) is 0 Å². The monoisotopic (exact) mass is 391 g/mol. The molecule has 1 aromatic carbocycles. The quantitative estimate of drug-likeness (QED) is 0.693. The van der Waals surface area contributed by atoms with E-state index in [0.717, 1.165) is 37.8 Å². The molecule has 2 aromatic rings. The first kappa shape index (κ1) is 18.5. The Balaban J connectivity index is 1.26. The third-order valence-electron chi connectivity index (χ3n) is 6.60. The molecular formula is C24H29N3O2. The second-order valence-corrected chi connectivity index (χ2v) is 8.92. The number of rotatable bonds is 8. The summed E-state index contributed by atoms with van der Waals surface area (Å²) in [5.74, 6) is 0.659. The lowest BCUT2D eigenvalue weighted by Crippen LogP contribution is -2.45. The van der Waals surface area contributed by atoms with Gasteiger partial charge in [0.1, 0.15) is 6.54 Å². The van der Waals surface area contributed by atoms with E-state index in [0.29, 0.717) is 18.5 Å². The maximum Gasteiger partial charge on any atom is 0.242 e. The van der Waals surface area contributed by atoms with Crippen molar-refractivity contribution in [3.8, 4) is 0 Å². The van der Waals surface area contributed by atoms with Gasteiger partial charge in [-0.2, -0.15) is 0 Å². The topological polar surface area (TPSA) is 45.6 Å². The largest absolute Gasteiger partial charge is 0.353 e. The number of carbonyl (C=O) groups is 2. The molecule has 29 heavy (non-hydrogen) atoms. The van der Waals surface area contributed by atoms with Crippen LogP contribution in [0.2, 0.25) is 0 Å². The van der Waals surface area contributed by atoms with E-state index in [1.165, 1.54) is 5.56 Å². The highest BCUT2D eigenvalue weighted by atomic mass is 16.2. The zero-order valence-corrected chi connectivity index (χ0v) is 17.0. The third kappa shape index (κ3) is 3.96. The van der Waals surface area contributed by atoms with E-state index in [1.54, 1.807) is 0 Å². The van der Waals surface area contributed by atoms with Crippen molar-refractivity contribution in [3.05, 3.63) is 59.9 Å². The lowest BCUT2D eigenvalue weighted by Gasteiger charge is -2.28. The minimum absolute atomic E-state index is 0.0491. The number of aromatic nitrogens is 1. The van der Waals surface area contributed by atoms with Gasteiger partial charge >= 0.3 is 0 Å². The molecule has 0 bridgehead atoms. The molecule has 5 nitrogen and oxygen atoms in total. The standard InChI is InChI=1S/C24H29N3O2/c1-25-13-5-8-20(25)15-26(18-9-10-18)23(28)16-27(19-11-12-19)24(29)22-14-21(22)17-6-3-2-4-7-17/h2-8,13,18-19,21-22H,9-12,14-16H2,1H3. The fourth-order valence-corrected chi connectivity index (χ4v) is 4.40. The van der Waals surface area contributed by atoms with Gasteiger partial charge in [-0.1, -0.05) is 30.3 Å². The molecule has 0 saturated heterocycles. The predicted octanol–water partition coefficient (Wildman–Crippen LogP) is 3.31. The summed E-state index contributed by atoms with van der Waals surface area (Å²) >= 11 is 0. The molecule has 3 aliphatic rings. The molecule has 2 atom stereocenters. The minimum atomic E-state index is 0.0491. The van der Waals surface area contributed by atoms with Gasteiger partial charge in [-0.15, -0.1) is 0 Å². The van der Waals surface area contributed by atoms with Crippen LogP contribution in [0.25, 0.3) is 0 Å². The number of aryl methyl sites for hydroxylation is 1. The van der Waals surface area contributed by atoms with Crippen molar-refractivity contribution in [2.24, 2.45) is 13.0 Å². The maximum atomic E-state index is 13.2. The van der Waals surface area contributed by atoms with Gasteiger partial charge < -0.3 is 14.4 Å². The van der Waals surface area contributed by atoms with Crippen LogP contribution in [0, 0.1) is 5.92 Å². The predicted molar refractivity (Wildman–Crippen MR) is 111 cm³/mol. The van der Waals surface area contributed by atoms with E-state index in [4.69, 9.17) is 0 Å². The first-order valence-electron chi connectivity index (χ1n) is 10.9. The van der Waals surface area contributed by atoms with E-state index >= 15 is 0 Å². The van der Waals surface area contributed by atoms with Crippen molar-refractivity contribution in [3.63, 3.8) is 0 Å². The van der Waals surface area contributed by atoms with Crippen LogP contribution >= 0.6 is 0 Å². The fraction of sp³-hybridized carbons (Fsp3) is 0.500. The molecule has 152 valence electrons. The van der Waals surface area contributed by atoms with Crippen LogP contribution in [0.1, 0.15) is 49.3 Å². The Kier molecular flexibility index (Phi) is 4.69. The van der Waals surface area contributed by atoms with Crippen LogP contribution in [0.3, 0.4) is 0 Å². The summed E-state index contributed by atoms with van der Waals surface area (Å²) in [6, 6.07) is 15.0. The summed E-state index contributed by atoms with van der Waals surface area (Å²) in [5, 5.41) is 0. The molecule has 2 unspecified atom stereocenters. The third-order valence-corrected chi connectivity index (χ3v) is 6.60. The summed E-state index contributed by atoms with van der Waals surface area (Å²) in [4.78, 5) is 30.4. The summed E-state index contributed by atoms with van der Waals surface area (Å²) in [6.45, 7) is 0.873. The van der Waals surface area contributed by atoms with Crippen molar-refractivity contribution < 1.29 is 9.59 Å². The SMILES string of the molecule is Cn1cccc1CN(C(=O)CN(C(=O)C1CC1c1ccccc1)C1CC1)C1CC1. The fourth-order valence-electron chi connectivity index (χ4n) is 4.40. The van der Waals surface area contributed by atoms with E-state index in [2.05, 4.69) is 22.8 Å². The molecule has 3 aliphatic carbocycles. The Bertz CT molecular complexity index is 898. The maximum absolute atomic E-state index is 13.2. The highest BCUT2D eigenvalue weighted by molar-refractivity contribution is 5.89. The lowest BCUT2D eigenvalue weighted by molar-refractivity contribution is -0.142. The minimum Gasteiger partial charge on any atom is -0.353 e. The van der Waals surface area contributed by atoms with Crippen LogP contribution in [-0.2, 0) is 23.2 Å². The van der Waals surface area contributed by atoms with Crippen LogP contribution in [0.5, 0.6) is 0 Å². The van der Waals surface area contributed by atoms with Gasteiger partial charge in [0.25, 0.3) is 0 Å². The average molecular weight is 392 g/mol. The summed E-state index contributed by atoms with van der Waals surface area (Å²) < 4.78 is 2.07. The molecule has 0 aliphatic heterocycles. The number of carbonyl (C=O) groups excluding carboxylic acids is 2. The van der Waals surface area contributed by atoms with Crippen LogP contribution < -0.4 is 0 Å². The molecule has 1 heterocycles. The van der Waals surface area contributed by atoms with Crippen molar-refractivity contribution in [2.45, 2.75) is 56.7 Å². The van der Waals surface area contributed by atoms with E-state index in [-0.39, 0.29) is 30.3 Å². The molecule has 1 aromatic heterocycles. The highest BCUT2D eigenvalue weighted by Crippen LogP contribution is 2.49. The van der Waals surface area contributed by atoms with E-state index in [9.17, 15) is 9.59 Å². The first-order valence-corrected chi connectivity index (χ1v) is 10.9. The molecular weight excluding hydrogens is 362 g/mol. The molecule has 0 spiro atoms. The Morgan fingerprint density at radius 2 is 1.66 bits per heavy atom. The normalized spacial score (nSPS) is 22.9. The van der Waals surface area contributed by atoms with Crippen LogP contribution in [-0.4, -0.2) is 44.8 Å².